The fraction of sp³-hybridized carbons (Fsp3) is 0.179. The molecule has 1 fully saturated rings. The quantitative estimate of drug-likeness (QED) is 0.329. The number of carbonyl (C=O) groups excluding carboxylic acids is 1. The summed E-state index contributed by atoms with van der Waals surface area (Å²) in [5.41, 5.74) is 2.22. The van der Waals surface area contributed by atoms with Crippen molar-refractivity contribution in [3.05, 3.63) is 112 Å². The fourth-order valence-corrected chi connectivity index (χ4v) is 7.13. The molecule has 4 aromatic rings. The molecule has 0 radical (unpaired) electrons. The van der Waals surface area contributed by atoms with E-state index in [9.17, 15) is 17.6 Å². The Hall–Kier alpha value is -3.66. The van der Waals surface area contributed by atoms with Gasteiger partial charge in [-0.25, -0.2) is 17.5 Å². The minimum absolute atomic E-state index is 0.0374. The summed E-state index contributed by atoms with van der Waals surface area (Å²) in [6, 6.07) is 17.3. The van der Waals surface area contributed by atoms with E-state index in [1.54, 1.807) is 59.5 Å². The number of hydrogen-bond acceptors (Lipinski definition) is 5. The summed E-state index contributed by atoms with van der Waals surface area (Å²) in [4.78, 5) is 18.5. The van der Waals surface area contributed by atoms with Gasteiger partial charge in [0.15, 0.2) is 5.78 Å². The highest BCUT2D eigenvalue weighted by Gasteiger charge is 2.51. The van der Waals surface area contributed by atoms with Crippen LogP contribution in [-0.2, 0) is 16.4 Å². The minimum atomic E-state index is -3.92. The second kappa shape index (κ2) is 9.27. The predicted octanol–water partition coefficient (Wildman–Crippen LogP) is 4.96. The SMILES string of the molecule is O=C(c1ccccn1)[C@@]12Cc3cnn(-c4ccc(F)cc4)c3C=C1CCN(S(=O)(=O)c1cccc(Cl)c1)C2. The smallest absolute Gasteiger partial charge is 0.243 e. The van der Waals surface area contributed by atoms with Crippen LogP contribution in [0.3, 0.4) is 0 Å². The second-order valence-electron chi connectivity index (χ2n) is 9.46. The molecule has 0 saturated carbocycles. The molecular formula is C28H22ClFN4O3S. The maximum absolute atomic E-state index is 14.1. The Morgan fingerprint density at radius 3 is 2.61 bits per heavy atom. The van der Waals surface area contributed by atoms with Crippen LogP contribution in [0.4, 0.5) is 4.39 Å². The van der Waals surface area contributed by atoms with Gasteiger partial charge in [0.2, 0.25) is 10.0 Å². The van der Waals surface area contributed by atoms with E-state index in [1.165, 1.54) is 28.6 Å². The molecule has 1 atom stereocenters. The molecule has 0 amide bonds. The highest BCUT2D eigenvalue weighted by atomic mass is 35.5. The molecule has 0 bridgehead atoms. The topological polar surface area (TPSA) is 85.2 Å². The first-order valence-corrected chi connectivity index (χ1v) is 13.9. The number of carbonyl (C=O) groups is 1. The van der Waals surface area contributed by atoms with Crippen molar-refractivity contribution in [2.75, 3.05) is 13.1 Å². The zero-order valence-electron chi connectivity index (χ0n) is 20.1. The number of piperidine rings is 1. The number of pyridine rings is 1. The van der Waals surface area contributed by atoms with Gasteiger partial charge in [-0.1, -0.05) is 29.3 Å². The third-order valence-electron chi connectivity index (χ3n) is 7.22. The van der Waals surface area contributed by atoms with Crippen molar-refractivity contribution in [2.45, 2.75) is 17.7 Å². The van der Waals surface area contributed by atoms with Crippen LogP contribution >= 0.6 is 11.6 Å². The van der Waals surface area contributed by atoms with Gasteiger partial charge in [-0.05, 0) is 79.1 Å². The summed E-state index contributed by atoms with van der Waals surface area (Å²) in [5.74, 6) is -0.586. The number of Topliss-reactive ketones (excluding diaryl/α,β-unsaturated/α-hetero) is 1. The van der Waals surface area contributed by atoms with Gasteiger partial charge in [-0.2, -0.15) is 9.40 Å². The van der Waals surface area contributed by atoms with Crippen LogP contribution < -0.4 is 0 Å². The van der Waals surface area contributed by atoms with Gasteiger partial charge < -0.3 is 0 Å². The fourth-order valence-electron chi connectivity index (χ4n) is 5.33. The highest BCUT2D eigenvalue weighted by Crippen LogP contribution is 2.47. The summed E-state index contributed by atoms with van der Waals surface area (Å²) in [5, 5.41) is 4.84. The first-order valence-electron chi connectivity index (χ1n) is 12.0. The van der Waals surface area contributed by atoms with Crippen molar-refractivity contribution in [3.63, 3.8) is 0 Å². The highest BCUT2D eigenvalue weighted by molar-refractivity contribution is 7.89. The largest absolute Gasteiger partial charge is 0.291 e. The second-order valence-corrected chi connectivity index (χ2v) is 11.8. The maximum Gasteiger partial charge on any atom is 0.243 e. The molecule has 6 rings (SSSR count). The molecule has 0 unspecified atom stereocenters. The molecule has 38 heavy (non-hydrogen) atoms. The number of aromatic nitrogens is 3. The molecule has 192 valence electrons. The molecule has 2 aromatic heterocycles. The average Bonchev–Trinajstić information content (AvgIpc) is 3.34. The minimum Gasteiger partial charge on any atom is -0.291 e. The molecule has 10 heteroatoms. The van der Waals surface area contributed by atoms with Crippen LogP contribution in [0.1, 0.15) is 28.2 Å². The Morgan fingerprint density at radius 2 is 1.87 bits per heavy atom. The lowest BCUT2D eigenvalue weighted by Crippen LogP contribution is -2.53. The molecule has 2 aliphatic rings. The van der Waals surface area contributed by atoms with Gasteiger partial charge in [0, 0.05) is 24.3 Å². The zero-order chi connectivity index (χ0) is 26.5. The van der Waals surface area contributed by atoms with Gasteiger partial charge in [-0.3, -0.25) is 9.78 Å². The summed E-state index contributed by atoms with van der Waals surface area (Å²) >= 11 is 6.09. The Morgan fingerprint density at radius 1 is 1.05 bits per heavy atom. The van der Waals surface area contributed by atoms with Gasteiger partial charge >= 0.3 is 0 Å². The van der Waals surface area contributed by atoms with E-state index in [1.807, 2.05) is 6.08 Å². The van der Waals surface area contributed by atoms with Gasteiger partial charge in [-0.15, -0.1) is 0 Å². The number of sulfonamides is 1. The Balaban J connectivity index is 1.45. The standard InChI is InChI=1S/C28H22ClFN4O3S/c29-21-4-3-5-24(15-21)38(36,37)33-13-11-20-14-26-19(17-32-34(26)23-9-7-22(30)8-10-23)16-28(20,18-33)27(35)25-6-1-2-12-31-25/h1-10,12,14-15,17H,11,13,16,18H2/t28-/m1/s1. The molecule has 3 heterocycles. The van der Waals surface area contributed by atoms with Crippen molar-refractivity contribution in [2.24, 2.45) is 5.41 Å². The van der Waals surface area contributed by atoms with E-state index < -0.39 is 15.4 Å². The molecule has 1 aliphatic carbocycles. The van der Waals surface area contributed by atoms with E-state index in [0.29, 0.717) is 17.1 Å². The number of rotatable bonds is 5. The van der Waals surface area contributed by atoms with Crippen molar-refractivity contribution < 1.29 is 17.6 Å². The molecular weight excluding hydrogens is 527 g/mol. The first kappa shape index (κ1) is 24.7. The van der Waals surface area contributed by atoms with Crippen LogP contribution in [0.5, 0.6) is 0 Å². The molecule has 1 saturated heterocycles. The first-order chi connectivity index (χ1) is 18.3. The van der Waals surface area contributed by atoms with Gasteiger partial charge in [0.1, 0.15) is 11.5 Å². The van der Waals surface area contributed by atoms with Gasteiger partial charge in [0.25, 0.3) is 0 Å². The summed E-state index contributed by atoms with van der Waals surface area (Å²) in [6.45, 7) is 0.169. The molecule has 0 N–H and O–H groups in total. The predicted molar refractivity (Wildman–Crippen MR) is 141 cm³/mol. The number of ketones is 1. The number of halogens is 2. The molecule has 2 aromatic carbocycles. The molecule has 7 nitrogen and oxygen atoms in total. The summed E-state index contributed by atoms with van der Waals surface area (Å²) < 4.78 is 43.9. The van der Waals surface area contributed by atoms with E-state index in [2.05, 4.69) is 10.1 Å². The number of nitrogens with zero attached hydrogens (tertiary/aromatic N) is 4. The van der Waals surface area contributed by atoms with Gasteiger partial charge in [0.05, 0.1) is 27.9 Å². The average molecular weight is 549 g/mol. The van der Waals surface area contributed by atoms with E-state index >= 15 is 0 Å². The number of hydrogen-bond donors (Lipinski definition) is 0. The maximum atomic E-state index is 14.1. The van der Waals surface area contributed by atoms with Crippen LogP contribution in [0.15, 0.2) is 89.6 Å². The Labute approximate surface area is 224 Å². The summed E-state index contributed by atoms with van der Waals surface area (Å²) in [7, 11) is -3.92. The lowest BCUT2D eigenvalue weighted by Gasteiger charge is -2.44. The third-order valence-corrected chi connectivity index (χ3v) is 9.29. The van der Waals surface area contributed by atoms with E-state index in [4.69, 9.17) is 11.6 Å². The van der Waals surface area contributed by atoms with Crippen LogP contribution in [0.25, 0.3) is 11.8 Å². The number of fused-ring (bicyclic) bond motifs is 2. The van der Waals surface area contributed by atoms with Crippen molar-refractivity contribution in [1.82, 2.24) is 19.1 Å². The lowest BCUT2D eigenvalue weighted by molar-refractivity contribution is 0.0770. The van der Waals surface area contributed by atoms with Crippen molar-refractivity contribution in [3.8, 4) is 5.69 Å². The normalized spacial score (nSPS) is 19.4. The van der Waals surface area contributed by atoms with E-state index in [-0.39, 0.29) is 41.7 Å². The Bertz CT molecular complexity index is 1690. The third kappa shape index (κ3) is 4.07. The molecule has 1 aliphatic heterocycles. The van der Waals surface area contributed by atoms with Crippen molar-refractivity contribution >= 4 is 33.5 Å². The molecule has 0 spiro atoms. The van der Waals surface area contributed by atoms with Crippen molar-refractivity contribution in [1.29, 1.82) is 0 Å². The van der Waals surface area contributed by atoms with Crippen LogP contribution in [-0.4, -0.2) is 46.4 Å². The monoisotopic (exact) mass is 548 g/mol. The Kier molecular flexibility index (Phi) is 6.02. The van der Waals surface area contributed by atoms with E-state index in [0.717, 1.165) is 16.8 Å². The number of benzene rings is 2. The zero-order valence-corrected chi connectivity index (χ0v) is 21.7. The van der Waals surface area contributed by atoms with Crippen LogP contribution in [0.2, 0.25) is 5.02 Å². The lowest BCUT2D eigenvalue weighted by atomic mass is 9.65. The van der Waals surface area contributed by atoms with Crippen LogP contribution in [0, 0.1) is 11.2 Å². The summed E-state index contributed by atoms with van der Waals surface area (Å²) in [6.07, 6.45) is 5.78.